The molecule has 2 amide bonds. The Morgan fingerprint density at radius 1 is 1.40 bits per heavy atom. The van der Waals surface area contributed by atoms with E-state index in [9.17, 15) is 14.7 Å². The normalized spacial score (nSPS) is 29.6. The van der Waals surface area contributed by atoms with Crippen molar-refractivity contribution in [1.29, 1.82) is 0 Å². The fraction of sp³-hybridized carbons (Fsp3) is 0.846. The minimum atomic E-state index is -0.896. The Morgan fingerprint density at radius 2 is 2.10 bits per heavy atom. The summed E-state index contributed by atoms with van der Waals surface area (Å²) >= 11 is 3.44. The number of rotatable bonds is 2. The van der Waals surface area contributed by atoms with Crippen LogP contribution in [0.1, 0.15) is 27.2 Å². The van der Waals surface area contributed by atoms with E-state index in [0.717, 1.165) is 12.2 Å². The second-order valence-corrected chi connectivity index (χ2v) is 8.78. The van der Waals surface area contributed by atoms with Gasteiger partial charge in [-0.3, -0.25) is 4.90 Å². The molecule has 0 saturated carbocycles. The molecule has 2 aliphatic rings. The summed E-state index contributed by atoms with van der Waals surface area (Å²) in [7, 11) is 0. The molecule has 7 heteroatoms. The van der Waals surface area contributed by atoms with Gasteiger partial charge in [0, 0.05) is 29.3 Å². The van der Waals surface area contributed by atoms with E-state index in [0.29, 0.717) is 18.8 Å². The Labute approximate surface area is 128 Å². The molecule has 2 heterocycles. The Balaban J connectivity index is 2.14. The first-order valence-electron chi connectivity index (χ1n) is 6.91. The minimum Gasteiger partial charge on any atom is -0.480 e. The molecule has 2 unspecified atom stereocenters. The van der Waals surface area contributed by atoms with Crippen molar-refractivity contribution in [1.82, 2.24) is 9.80 Å². The van der Waals surface area contributed by atoms with Crippen LogP contribution >= 0.6 is 23.5 Å². The molecule has 0 aromatic heterocycles. The molecule has 5 nitrogen and oxygen atoms in total. The molecule has 0 spiro atoms. The van der Waals surface area contributed by atoms with Gasteiger partial charge in [-0.2, -0.15) is 11.8 Å². The lowest BCUT2D eigenvalue weighted by atomic mass is 10.2. The number of nitrogens with zero attached hydrogens (tertiary/aromatic N) is 2. The summed E-state index contributed by atoms with van der Waals surface area (Å²) in [5.41, 5.74) is 0. The number of urea groups is 1. The third-order valence-electron chi connectivity index (χ3n) is 3.64. The van der Waals surface area contributed by atoms with E-state index in [1.807, 2.05) is 23.6 Å². The fourth-order valence-electron chi connectivity index (χ4n) is 2.67. The smallest absolute Gasteiger partial charge is 0.327 e. The largest absolute Gasteiger partial charge is 0.480 e. The Morgan fingerprint density at radius 3 is 2.65 bits per heavy atom. The molecule has 2 fully saturated rings. The molecular formula is C13H22N2O3S2. The van der Waals surface area contributed by atoms with Crippen molar-refractivity contribution in [2.45, 2.75) is 43.4 Å². The van der Waals surface area contributed by atoms with Crippen molar-refractivity contribution < 1.29 is 14.7 Å². The third-order valence-corrected chi connectivity index (χ3v) is 6.39. The number of thioether (sulfide) groups is 2. The molecule has 2 saturated heterocycles. The first-order chi connectivity index (χ1) is 9.35. The zero-order chi connectivity index (χ0) is 14.9. The van der Waals surface area contributed by atoms with Crippen LogP contribution in [-0.2, 0) is 4.79 Å². The summed E-state index contributed by atoms with van der Waals surface area (Å²) < 4.78 is 0.0429. The fourth-order valence-corrected chi connectivity index (χ4v) is 5.12. The number of carbonyl (C=O) groups is 2. The highest BCUT2D eigenvalue weighted by Crippen LogP contribution is 2.35. The molecule has 0 aromatic carbocycles. The average Bonchev–Trinajstić information content (AvgIpc) is 2.80. The van der Waals surface area contributed by atoms with Crippen molar-refractivity contribution in [2.75, 3.05) is 24.6 Å². The highest BCUT2D eigenvalue weighted by Gasteiger charge is 2.43. The summed E-state index contributed by atoms with van der Waals surface area (Å²) in [6, 6.07) is -0.794. The highest BCUT2D eigenvalue weighted by atomic mass is 32.2. The van der Waals surface area contributed by atoms with Gasteiger partial charge in [0.15, 0.2) is 0 Å². The average molecular weight is 318 g/mol. The predicted octanol–water partition coefficient (Wildman–Crippen LogP) is 2.17. The summed E-state index contributed by atoms with van der Waals surface area (Å²) in [6.45, 7) is 7.64. The number of carboxylic acid groups (broad SMARTS) is 1. The molecule has 114 valence electrons. The number of carboxylic acids is 1. The van der Waals surface area contributed by atoms with E-state index in [1.54, 1.807) is 16.7 Å². The minimum absolute atomic E-state index is 0.0127. The molecule has 0 aromatic rings. The predicted molar refractivity (Wildman–Crippen MR) is 83.3 cm³/mol. The standard InChI is InChI=1S/C13H22N2O3S2/c1-4-10-15(9(7-19-10)11(16)17)12(18)14-5-6-20-13(2,3)8-14/h9-10H,4-8H2,1-3H3,(H,16,17). The molecular weight excluding hydrogens is 296 g/mol. The summed E-state index contributed by atoms with van der Waals surface area (Å²) in [6.07, 6.45) is 0.784. The third kappa shape index (κ3) is 3.19. The van der Waals surface area contributed by atoms with Gasteiger partial charge in [0.2, 0.25) is 0 Å². The van der Waals surface area contributed by atoms with E-state index in [4.69, 9.17) is 0 Å². The van der Waals surface area contributed by atoms with Gasteiger partial charge in [-0.05, 0) is 20.3 Å². The van der Waals surface area contributed by atoms with Crippen molar-refractivity contribution >= 4 is 35.5 Å². The molecule has 0 radical (unpaired) electrons. The summed E-state index contributed by atoms with van der Waals surface area (Å²) in [4.78, 5) is 27.5. The van der Waals surface area contributed by atoms with Gasteiger partial charge in [0.05, 0.1) is 5.37 Å². The van der Waals surface area contributed by atoms with Crippen LogP contribution in [0, 0.1) is 0 Å². The first-order valence-corrected chi connectivity index (χ1v) is 8.95. The van der Waals surface area contributed by atoms with Crippen LogP contribution < -0.4 is 0 Å². The van der Waals surface area contributed by atoms with E-state index in [1.165, 1.54) is 0 Å². The zero-order valence-electron chi connectivity index (χ0n) is 12.2. The summed E-state index contributed by atoms with van der Waals surface area (Å²) in [5, 5.41) is 9.30. The van der Waals surface area contributed by atoms with Crippen molar-refractivity contribution in [2.24, 2.45) is 0 Å². The molecule has 1 N–H and O–H groups in total. The number of hydrogen-bond acceptors (Lipinski definition) is 4. The van der Waals surface area contributed by atoms with Crippen molar-refractivity contribution in [3.63, 3.8) is 0 Å². The van der Waals surface area contributed by atoms with Crippen LogP contribution in [0.15, 0.2) is 0 Å². The van der Waals surface area contributed by atoms with Crippen LogP contribution in [0.25, 0.3) is 0 Å². The van der Waals surface area contributed by atoms with Gasteiger partial charge in [-0.1, -0.05) is 6.92 Å². The van der Waals surface area contributed by atoms with E-state index >= 15 is 0 Å². The quantitative estimate of drug-likeness (QED) is 0.845. The maximum absolute atomic E-state index is 12.7. The maximum Gasteiger partial charge on any atom is 0.327 e. The number of hydrogen-bond donors (Lipinski definition) is 1. The van der Waals surface area contributed by atoms with Crippen LogP contribution in [0.2, 0.25) is 0 Å². The lowest BCUT2D eigenvalue weighted by molar-refractivity contribution is -0.141. The Bertz CT molecular complexity index is 403. The number of amides is 2. The van der Waals surface area contributed by atoms with Gasteiger partial charge in [-0.15, -0.1) is 11.8 Å². The van der Waals surface area contributed by atoms with Crippen molar-refractivity contribution in [3.05, 3.63) is 0 Å². The Hall–Kier alpha value is -0.560. The van der Waals surface area contributed by atoms with Crippen LogP contribution in [-0.4, -0.2) is 67.7 Å². The SMILES string of the molecule is CCC1SCC(C(=O)O)N1C(=O)N1CCSC(C)(C)C1. The molecule has 2 aliphatic heterocycles. The zero-order valence-corrected chi connectivity index (χ0v) is 13.8. The second kappa shape index (κ2) is 6.05. The van der Waals surface area contributed by atoms with E-state index < -0.39 is 12.0 Å². The molecule has 2 rings (SSSR count). The van der Waals surface area contributed by atoms with Gasteiger partial charge in [-0.25, -0.2) is 9.59 Å². The molecule has 0 aliphatic carbocycles. The number of carbonyl (C=O) groups excluding carboxylic acids is 1. The lowest BCUT2D eigenvalue weighted by Crippen LogP contribution is -2.55. The molecule has 20 heavy (non-hydrogen) atoms. The van der Waals surface area contributed by atoms with Crippen LogP contribution in [0.4, 0.5) is 4.79 Å². The van der Waals surface area contributed by atoms with E-state index in [2.05, 4.69) is 13.8 Å². The second-order valence-electron chi connectivity index (χ2n) is 5.77. The van der Waals surface area contributed by atoms with Crippen molar-refractivity contribution in [3.8, 4) is 0 Å². The van der Waals surface area contributed by atoms with Gasteiger partial charge < -0.3 is 10.0 Å². The molecule has 2 atom stereocenters. The molecule has 0 bridgehead atoms. The van der Waals surface area contributed by atoms with Gasteiger partial charge >= 0.3 is 12.0 Å². The highest BCUT2D eigenvalue weighted by molar-refractivity contribution is 8.00. The van der Waals surface area contributed by atoms with Crippen LogP contribution in [0.3, 0.4) is 0 Å². The maximum atomic E-state index is 12.7. The van der Waals surface area contributed by atoms with Crippen LogP contribution in [0.5, 0.6) is 0 Å². The van der Waals surface area contributed by atoms with Gasteiger partial charge in [0.25, 0.3) is 0 Å². The monoisotopic (exact) mass is 318 g/mol. The first kappa shape index (κ1) is 15.8. The van der Waals surface area contributed by atoms with Gasteiger partial charge in [0.1, 0.15) is 6.04 Å². The Kier molecular flexibility index (Phi) is 4.79. The lowest BCUT2D eigenvalue weighted by Gasteiger charge is -2.40. The van der Waals surface area contributed by atoms with E-state index in [-0.39, 0.29) is 16.2 Å². The summed E-state index contributed by atoms with van der Waals surface area (Å²) in [5.74, 6) is 0.507. The number of aliphatic carboxylic acids is 1. The topological polar surface area (TPSA) is 60.9 Å².